The second kappa shape index (κ2) is 6.00. The fraction of sp³-hybridized carbons (Fsp3) is 0.538. The van der Waals surface area contributed by atoms with Crippen LogP contribution in [0.25, 0.3) is 0 Å². The minimum absolute atomic E-state index is 0.0717. The first-order chi connectivity index (χ1) is 8.90. The molecule has 2 rings (SSSR count). The SMILES string of the molecule is NC(CS(=O)(=O)c1cc(Cl)ccc1Cl)C1CCCC1. The van der Waals surface area contributed by atoms with Gasteiger partial charge in [-0.1, -0.05) is 36.0 Å². The van der Waals surface area contributed by atoms with E-state index in [4.69, 9.17) is 28.9 Å². The van der Waals surface area contributed by atoms with Crippen molar-refractivity contribution in [2.24, 2.45) is 11.7 Å². The third-order valence-electron chi connectivity index (χ3n) is 3.65. The summed E-state index contributed by atoms with van der Waals surface area (Å²) in [6.45, 7) is 0. The largest absolute Gasteiger partial charge is 0.327 e. The molecule has 1 saturated carbocycles. The maximum Gasteiger partial charge on any atom is 0.181 e. The molecule has 1 aliphatic carbocycles. The Balaban J connectivity index is 2.19. The Hall–Kier alpha value is -0.290. The molecule has 0 aromatic heterocycles. The van der Waals surface area contributed by atoms with Crippen molar-refractivity contribution < 1.29 is 8.42 Å². The number of hydrogen-bond donors (Lipinski definition) is 1. The third-order valence-corrected chi connectivity index (χ3v) is 6.15. The predicted molar refractivity (Wildman–Crippen MR) is 78.4 cm³/mol. The number of hydrogen-bond acceptors (Lipinski definition) is 3. The molecule has 1 fully saturated rings. The van der Waals surface area contributed by atoms with Crippen molar-refractivity contribution in [2.45, 2.75) is 36.6 Å². The van der Waals surface area contributed by atoms with Crippen molar-refractivity contribution in [1.29, 1.82) is 0 Å². The molecule has 19 heavy (non-hydrogen) atoms. The lowest BCUT2D eigenvalue weighted by atomic mass is 10.0. The van der Waals surface area contributed by atoms with Gasteiger partial charge in [0.15, 0.2) is 9.84 Å². The minimum atomic E-state index is -3.49. The van der Waals surface area contributed by atoms with Crippen LogP contribution in [0.5, 0.6) is 0 Å². The number of rotatable bonds is 4. The lowest BCUT2D eigenvalue weighted by Crippen LogP contribution is -2.35. The molecule has 0 radical (unpaired) electrons. The maximum absolute atomic E-state index is 12.3. The highest BCUT2D eigenvalue weighted by molar-refractivity contribution is 7.91. The average Bonchev–Trinajstić information content (AvgIpc) is 2.85. The Bertz CT molecular complexity index is 554. The van der Waals surface area contributed by atoms with Crippen LogP contribution in [-0.2, 0) is 9.84 Å². The fourth-order valence-corrected chi connectivity index (χ4v) is 4.92. The Morgan fingerprint density at radius 1 is 1.26 bits per heavy atom. The van der Waals surface area contributed by atoms with Gasteiger partial charge in [0.25, 0.3) is 0 Å². The molecule has 0 saturated heterocycles. The number of sulfone groups is 1. The standard InChI is InChI=1S/C13H17Cl2NO2S/c14-10-5-6-11(15)13(7-10)19(17,18)8-12(16)9-3-1-2-4-9/h5-7,9,12H,1-4,8,16H2. The summed E-state index contributed by atoms with van der Waals surface area (Å²) in [5.41, 5.74) is 6.04. The molecule has 1 atom stereocenters. The van der Waals surface area contributed by atoms with Crippen LogP contribution in [0, 0.1) is 5.92 Å². The van der Waals surface area contributed by atoms with Gasteiger partial charge in [0, 0.05) is 11.1 Å². The van der Waals surface area contributed by atoms with Gasteiger partial charge in [-0.2, -0.15) is 0 Å². The molecule has 6 heteroatoms. The summed E-state index contributed by atoms with van der Waals surface area (Å²) in [5, 5.41) is 0.556. The van der Waals surface area contributed by atoms with E-state index < -0.39 is 9.84 Å². The Labute approximate surface area is 124 Å². The van der Waals surface area contributed by atoms with Gasteiger partial charge in [-0.25, -0.2) is 8.42 Å². The first kappa shape index (κ1) is 15.1. The zero-order valence-corrected chi connectivity index (χ0v) is 12.8. The molecule has 1 aliphatic rings. The van der Waals surface area contributed by atoms with Crippen molar-refractivity contribution in [3.8, 4) is 0 Å². The molecule has 0 bridgehead atoms. The lowest BCUT2D eigenvalue weighted by molar-refractivity contribution is 0.455. The minimum Gasteiger partial charge on any atom is -0.327 e. The van der Waals surface area contributed by atoms with E-state index in [1.54, 1.807) is 6.07 Å². The van der Waals surface area contributed by atoms with Crippen molar-refractivity contribution in [1.82, 2.24) is 0 Å². The molecule has 1 aromatic rings. The molecular weight excluding hydrogens is 305 g/mol. The molecular formula is C13H17Cl2NO2S. The van der Waals surface area contributed by atoms with Crippen LogP contribution in [-0.4, -0.2) is 20.2 Å². The van der Waals surface area contributed by atoms with Gasteiger partial charge in [-0.15, -0.1) is 0 Å². The first-order valence-corrected chi connectivity index (χ1v) is 8.74. The Morgan fingerprint density at radius 3 is 2.53 bits per heavy atom. The summed E-state index contributed by atoms with van der Waals surface area (Å²) in [4.78, 5) is 0.0788. The van der Waals surface area contributed by atoms with Crippen molar-refractivity contribution in [3.63, 3.8) is 0 Å². The van der Waals surface area contributed by atoms with E-state index in [1.165, 1.54) is 12.1 Å². The quantitative estimate of drug-likeness (QED) is 0.925. The van der Waals surface area contributed by atoms with Gasteiger partial charge >= 0.3 is 0 Å². The van der Waals surface area contributed by atoms with Gasteiger partial charge in [0.2, 0.25) is 0 Å². The van der Waals surface area contributed by atoms with Gasteiger partial charge in [-0.05, 0) is 37.0 Å². The summed E-state index contributed by atoms with van der Waals surface area (Å²) < 4.78 is 24.7. The normalized spacial score (nSPS) is 18.7. The summed E-state index contributed by atoms with van der Waals surface area (Å²) >= 11 is 11.8. The third kappa shape index (κ3) is 3.63. The predicted octanol–water partition coefficient (Wildman–Crippen LogP) is 3.28. The van der Waals surface area contributed by atoms with Crippen LogP contribution in [0.3, 0.4) is 0 Å². The van der Waals surface area contributed by atoms with Gasteiger partial charge in [0.1, 0.15) is 0 Å². The topological polar surface area (TPSA) is 60.2 Å². The van der Waals surface area contributed by atoms with Crippen LogP contribution in [0.1, 0.15) is 25.7 Å². The molecule has 0 spiro atoms. The summed E-state index contributed by atoms with van der Waals surface area (Å²) in [6, 6.07) is 4.13. The van der Waals surface area contributed by atoms with Crippen LogP contribution in [0.2, 0.25) is 10.0 Å². The summed E-state index contributed by atoms with van der Waals surface area (Å²) in [6.07, 6.45) is 4.30. The molecule has 2 N–H and O–H groups in total. The molecule has 3 nitrogen and oxygen atoms in total. The maximum atomic E-state index is 12.3. The highest BCUT2D eigenvalue weighted by Crippen LogP contribution is 2.30. The highest BCUT2D eigenvalue weighted by Gasteiger charge is 2.28. The highest BCUT2D eigenvalue weighted by atomic mass is 35.5. The van der Waals surface area contributed by atoms with E-state index >= 15 is 0 Å². The number of benzene rings is 1. The summed E-state index contributed by atoms with van der Waals surface area (Å²) in [7, 11) is -3.49. The second-order valence-corrected chi connectivity index (χ2v) is 7.91. The number of halogens is 2. The fourth-order valence-electron chi connectivity index (χ4n) is 2.58. The Morgan fingerprint density at radius 2 is 1.89 bits per heavy atom. The van der Waals surface area contributed by atoms with Gasteiger partial charge in [0.05, 0.1) is 15.7 Å². The van der Waals surface area contributed by atoms with Crippen LogP contribution in [0.4, 0.5) is 0 Å². The van der Waals surface area contributed by atoms with E-state index in [-0.39, 0.29) is 21.7 Å². The van der Waals surface area contributed by atoms with Crippen LogP contribution < -0.4 is 5.73 Å². The first-order valence-electron chi connectivity index (χ1n) is 6.33. The second-order valence-electron chi connectivity index (χ2n) is 5.06. The molecule has 0 aliphatic heterocycles. The average molecular weight is 322 g/mol. The zero-order chi connectivity index (χ0) is 14.0. The van der Waals surface area contributed by atoms with Gasteiger partial charge in [-0.3, -0.25) is 0 Å². The zero-order valence-electron chi connectivity index (χ0n) is 10.5. The van der Waals surface area contributed by atoms with Crippen molar-refractivity contribution >= 4 is 33.0 Å². The molecule has 0 heterocycles. The Kier molecular flexibility index (Phi) is 4.77. The number of nitrogens with two attached hydrogens (primary N) is 1. The van der Waals surface area contributed by atoms with Crippen molar-refractivity contribution in [2.75, 3.05) is 5.75 Å². The van der Waals surface area contributed by atoms with E-state index in [1.807, 2.05) is 0 Å². The molecule has 1 unspecified atom stereocenters. The van der Waals surface area contributed by atoms with Crippen LogP contribution in [0.15, 0.2) is 23.1 Å². The monoisotopic (exact) mass is 321 g/mol. The van der Waals surface area contributed by atoms with Crippen molar-refractivity contribution in [3.05, 3.63) is 28.2 Å². The molecule has 0 amide bonds. The summed E-state index contributed by atoms with van der Waals surface area (Å²) in [5.74, 6) is 0.227. The van der Waals surface area contributed by atoms with Crippen LogP contribution >= 0.6 is 23.2 Å². The lowest BCUT2D eigenvalue weighted by Gasteiger charge is -2.19. The van der Waals surface area contributed by atoms with E-state index in [9.17, 15) is 8.42 Å². The van der Waals surface area contributed by atoms with E-state index in [0.29, 0.717) is 10.9 Å². The molecule has 106 valence electrons. The smallest absolute Gasteiger partial charge is 0.181 e. The van der Waals surface area contributed by atoms with E-state index in [0.717, 1.165) is 25.7 Å². The van der Waals surface area contributed by atoms with Gasteiger partial charge < -0.3 is 5.73 Å². The van der Waals surface area contributed by atoms with E-state index in [2.05, 4.69) is 0 Å². The molecule has 1 aromatic carbocycles.